The van der Waals surface area contributed by atoms with E-state index in [0.717, 1.165) is 18.2 Å². The molecular weight excluding hydrogens is 270 g/mol. The molecule has 8 heteroatoms. The highest BCUT2D eigenvalue weighted by Gasteiger charge is 2.19. The molecule has 0 atom stereocenters. The van der Waals surface area contributed by atoms with Crippen LogP contribution in [0.1, 0.15) is 10.4 Å². The number of H-pyrrole nitrogens is 1. The fourth-order valence-electron chi connectivity index (χ4n) is 1.74. The van der Waals surface area contributed by atoms with Gasteiger partial charge in [-0.3, -0.25) is 9.59 Å². The van der Waals surface area contributed by atoms with Crippen LogP contribution < -0.4 is 16.6 Å². The number of rotatable bonds is 4. The Labute approximate surface area is 111 Å². The summed E-state index contributed by atoms with van der Waals surface area (Å²) in [5, 5.41) is 0.584. The van der Waals surface area contributed by atoms with Crippen LogP contribution in [0.15, 0.2) is 24.3 Å². The zero-order valence-electron chi connectivity index (χ0n) is 10.1. The first-order valence-corrected chi connectivity index (χ1v) is 5.41. The molecule has 2 rings (SSSR count). The average molecular weight is 280 g/mol. The molecule has 2 aromatic rings. The normalized spacial score (nSPS) is 10.3. The highest BCUT2D eigenvalue weighted by molar-refractivity contribution is 6.01. The summed E-state index contributed by atoms with van der Waals surface area (Å²) < 4.78 is 26.8. The van der Waals surface area contributed by atoms with Gasteiger partial charge < -0.3 is 10.7 Å². The molecular formula is C12H10F2N4O2. The third kappa shape index (κ3) is 2.36. The summed E-state index contributed by atoms with van der Waals surface area (Å²) in [6, 6.07) is 4.03. The standard InChI is InChI=1S/C12H10F2N4O2/c13-6-1-2-9(14)7(3-6)10-4-8(11(15)20)12(17-10)18(16)5-19/h1-5,17H,16H2,(H2,15,20). The molecule has 20 heavy (non-hydrogen) atoms. The molecule has 0 fully saturated rings. The van der Waals surface area contributed by atoms with Gasteiger partial charge in [-0.2, -0.15) is 0 Å². The fraction of sp³-hybridized carbons (Fsp3) is 0. The Hall–Kier alpha value is -2.74. The Morgan fingerprint density at radius 3 is 2.60 bits per heavy atom. The lowest BCUT2D eigenvalue weighted by molar-refractivity contribution is -0.107. The van der Waals surface area contributed by atoms with Gasteiger partial charge in [0.25, 0.3) is 5.91 Å². The number of amides is 2. The number of nitrogens with two attached hydrogens (primary N) is 2. The third-order valence-electron chi connectivity index (χ3n) is 2.65. The Kier molecular flexibility index (Phi) is 3.49. The molecule has 6 nitrogen and oxygen atoms in total. The van der Waals surface area contributed by atoms with Gasteiger partial charge in [0, 0.05) is 5.56 Å². The van der Waals surface area contributed by atoms with Crippen molar-refractivity contribution in [3.63, 3.8) is 0 Å². The monoisotopic (exact) mass is 280 g/mol. The third-order valence-corrected chi connectivity index (χ3v) is 2.65. The van der Waals surface area contributed by atoms with Gasteiger partial charge in [0.2, 0.25) is 6.41 Å². The van der Waals surface area contributed by atoms with Crippen molar-refractivity contribution >= 4 is 18.1 Å². The minimum Gasteiger partial charge on any atom is -0.365 e. The number of halogens is 2. The van der Waals surface area contributed by atoms with E-state index in [2.05, 4.69) is 4.98 Å². The van der Waals surface area contributed by atoms with Gasteiger partial charge >= 0.3 is 0 Å². The first-order chi connectivity index (χ1) is 9.43. The summed E-state index contributed by atoms with van der Waals surface area (Å²) in [6.45, 7) is 0. The largest absolute Gasteiger partial charge is 0.365 e. The molecule has 2 amide bonds. The first-order valence-electron chi connectivity index (χ1n) is 5.41. The number of nitrogens with zero attached hydrogens (tertiary/aromatic N) is 1. The molecule has 1 aromatic carbocycles. The van der Waals surface area contributed by atoms with Crippen LogP contribution >= 0.6 is 0 Å². The molecule has 0 radical (unpaired) electrons. The summed E-state index contributed by atoms with van der Waals surface area (Å²) in [5.41, 5.74) is 4.99. The molecule has 0 aliphatic rings. The Bertz CT molecular complexity index is 684. The van der Waals surface area contributed by atoms with Gasteiger partial charge in [0.05, 0.1) is 11.3 Å². The van der Waals surface area contributed by atoms with Crippen LogP contribution in [0, 0.1) is 11.6 Å². The lowest BCUT2D eigenvalue weighted by Crippen LogP contribution is -2.31. The molecule has 0 unspecified atom stereocenters. The summed E-state index contributed by atoms with van der Waals surface area (Å²) >= 11 is 0. The highest BCUT2D eigenvalue weighted by atomic mass is 19.1. The molecule has 5 N–H and O–H groups in total. The predicted octanol–water partition coefficient (Wildman–Crippen LogP) is 0.895. The number of aromatic amines is 1. The van der Waals surface area contributed by atoms with Crippen molar-refractivity contribution in [1.29, 1.82) is 0 Å². The number of anilines is 1. The molecule has 0 saturated heterocycles. The van der Waals surface area contributed by atoms with Crippen LogP contribution in [0.25, 0.3) is 11.3 Å². The van der Waals surface area contributed by atoms with Gasteiger partial charge in [-0.1, -0.05) is 0 Å². The van der Waals surface area contributed by atoms with Gasteiger partial charge in [-0.15, -0.1) is 0 Å². The van der Waals surface area contributed by atoms with E-state index in [1.54, 1.807) is 0 Å². The van der Waals surface area contributed by atoms with Gasteiger partial charge in [-0.05, 0) is 24.3 Å². The van der Waals surface area contributed by atoms with Crippen LogP contribution in [0.3, 0.4) is 0 Å². The number of hydrogen-bond donors (Lipinski definition) is 3. The quantitative estimate of drug-likeness (QED) is 0.335. The number of hydrazine groups is 1. The van der Waals surface area contributed by atoms with E-state index in [9.17, 15) is 18.4 Å². The summed E-state index contributed by atoms with van der Waals surface area (Å²) in [4.78, 5) is 24.5. The van der Waals surface area contributed by atoms with E-state index in [1.165, 1.54) is 6.07 Å². The van der Waals surface area contributed by atoms with E-state index < -0.39 is 17.5 Å². The number of carbonyl (C=O) groups excluding carboxylic acids is 2. The smallest absolute Gasteiger partial charge is 0.252 e. The SMILES string of the molecule is NC(=O)c1cc(-c2cc(F)ccc2F)[nH]c1N(N)C=O. The zero-order chi connectivity index (χ0) is 14.9. The van der Waals surface area contributed by atoms with E-state index >= 15 is 0 Å². The van der Waals surface area contributed by atoms with Crippen molar-refractivity contribution in [2.75, 3.05) is 5.01 Å². The van der Waals surface area contributed by atoms with E-state index in [1.807, 2.05) is 0 Å². The summed E-state index contributed by atoms with van der Waals surface area (Å²) in [6.07, 6.45) is 0.240. The van der Waals surface area contributed by atoms with Crippen LogP contribution in [0.2, 0.25) is 0 Å². The zero-order valence-corrected chi connectivity index (χ0v) is 10.1. The van der Waals surface area contributed by atoms with Crippen molar-refractivity contribution in [3.8, 4) is 11.3 Å². The molecule has 0 aliphatic heterocycles. The second-order valence-electron chi connectivity index (χ2n) is 3.95. The lowest BCUT2D eigenvalue weighted by atomic mass is 10.1. The van der Waals surface area contributed by atoms with Gasteiger partial charge in [-0.25, -0.2) is 19.6 Å². The summed E-state index contributed by atoms with van der Waals surface area (Å²) in [7, 11) is 0. The molecule has 1 heterocycles. The van der Waals surface area contributed by atoms with Crippen molar-refractivity contribution in [2.45, 2.75) is 0 Å². The minimum atomic E-state index is -0.864. The number of hydrogen-bond acceptors (Lipinski definition) is 3. The average Bonchev–Trinajstić information content (AvgIpc) is 2.85. The number of primary amides is 1. The Morgan fingerprint density at radius 2 is 2.00 bits per heavy atom. The first kappa shape index (κ1) is 13.7. The van der Waals surface area contributed by atoms with Crippen LogP contribution in [0.4, 0.5) is 14.6 Å². The number of carbonyl (C=O) groups is 2. The van der Waals surface area contributed by atoms with Crippen LogP contribution in [-0.2, 0) is 4.79 Å². The lowest BCUT2D eigenvalue weighted by Gasteiger charge is -2.08. The van der Waals surface area contributed by atoms with E-state index in [4.69, 9.17) is 11.6 Å². The maximum absolute atomic E-state index is 13.7. The van der Waals surface area contributed by atoms with Gasteiger partial charge in [0.15, 0.2) is 0 Å². The molecule has 0 bridgehead atoms. The number of benzene rings is 1. The fourth-order valence-corrected chi connectivity index (χ4v) is 1.74. The maximum Gasteiger partial charge on any atom is 0.252 e. The Morgan fingerprint density at radius 1 is 1.30 bits per heavy atom. The van der Waals surface area contributed by atoms with E-state index in [0.29, 0.717) is 5.01 Å². The van der Waals surface area contributed by atoms with Crippen LogP contribution in [-0.4, -0.2) is 17.3 Å². The molecule has 0 spiro atoms. The topological polar surface area (TPSA) is 105 Å². The second-order valence-corrected chi connectivity index (χ2v) is 3.95. The second kappa shape index (κ2) is 5.10. The number of aromatic nitrogens is 1. The van der Waals surface area contributed by atoms with Crippen molar-refractivity contribution in [1.82, 2.24) is 4.98 Å². The summed E-state index contributed by atoms with van der Waals surface area (Å²) in [5.74, 6) is 3.02. The minimum absolute atomic E-state index is 0.0723. The van der Waals surface area contributed by atoms with Crippen molar-refractivity contribution in [2.24, 2.45) is 11.6 Å². The van der Waals surface area contributed by atoms with Crippen molar-refractivity contribution < 1.29 is 18.4 Å². The Balaban J connectivity index is 2.61. The number of nitrogens with one attached hydrogen (secondary N) is 1. The van der Waals surface area contributed by atoms with E-state index in [-0.39, 0.29) is 29.0 Å². The molecule has 104 valence electrons. The van der Waals surface area contributed by atoms with Crippen molar-refractivity contribution in [3.05, 3.63) is 41.5 Å². The molecule has 0 aliphatic carbocycles. The van der Waals surface area contributed by atoms with Crippen LogP contribution in [0.5, 0.6) is 0 Å². The predicted molar refractivity (Wildman–Crippen MR) is 67.4 cm³/mol. The maximum atomic E-state index is 13.7. The highest BCUT2D eigenvalue weighted by Crippen LogP contribution is 2.28. The van der Waals surface area contributed by atoms with Gasteiger partial charge in [0.1, 0.15) is 17.5 Å². The molecule has 1 aromatic heterocycles. The molecule has 0 saturated carbocycles.